The third-order valence-electron chi connectivity index (χ3n) is 3.41. The zero-order valence-electron chi connectivity index (χ0n) is 11.5. The van der Waals surface area contributed by atoms with Gasteiger partial charge in [0, 0.05) is 24.7 Å². The van der Waals surface area contributed by atoms with Crippen molar-refractivity contribution in [1.29, 1.82) is 0 Å². The number of hydrogen-bond acceptors (Lipinski definition) is 5. The van der Waals surface area contributed by atoms with Crippen LogP contribution in [0.5, 0.6) is 0 Å². The van der Waals surface area contributed by atoms with Crippen molar-refractivity contribution in [3.63, 3.8) is 0 Å². The van der Waals surface area contributed by atoms with Gasteiger partial charge in [-0.25, -0.2) is 0 Å². The zero-order valence-corrected chi connectivity index (χ0v) is 11.5. The quantitative estimate of drug-likeness (QED) is 0.612. The molecule has 0 atom stereocenters. The van der Waals surface area contributed by atoms with Crippen LogP contribution in [0.15, 0.2) is 12.1 Å². The van der Waals surface area contributed by atoms with E-state index in [1.807, 2.05) is 0 Å². The second-order valence-corrected chi connectivity index (χ2v) is 4.89. The molecule has 7 nitrogen and oxygen atoms in total. The molecule has 1 aliphatic rings. The van der Waals surface area contributed by atoms with Crippen molar-refractivity contribution in [2.24, 2.45) is 0 Å². The van der Waals surface area contributed by atoms with Gasteiger partial charge in [-0.2, -0.15) is 13.2 Å². The second-order valence-electron chi connectivity index (χ2n) is 4.89. The summed E-state index contributed by atoms with van der Waals surface area (Å²) in [5.41, 5.74) is -3.54. The van der Waals surface area contributed by atoms with E-state index < -0.39 is 33.0 Å². The van der Waals surface area contributed by atoms with Gasteiger partial charge in [0.2, 0.25) is 0 Å². The SMILES string of the molecule is CCN(c1c([N+](=O)[O-])cc(C(F)(F)F)cc1[N+](=O)[O-])C1CC1. The molecule has 0 aliphatic heterocycles. The Morgan fingerprint density at radius 3 is 1.91 bits per heavy atom. The van der Waals surface area contributed by atoms with Crippen LogP contribution in [0.4, 0.5) is 30.2 Å². The first-order valence-corrected chi connectivity index (χ1v) is 6.47. The summed E-state index contributed by atoms with van der Waals surface area (Å²) in [7, 11) is 0. The molecule has 1 aliphatic carbocycles. The van der Waals surface area contributed by atoms with Crippen molar-refractivity contribution in [2.45, 2.75) is 32.0 Å². The van der Waals surface area contributed by atoms with Gasteiger partial charge in [-0.1, -0.05) is 0 Å². The minimum absolute atomic E-state index is 0.112. The van der Waals surface area contributed by atoms with Crippen molar-refractivity contribution in [3.8, 4) is 0 Å². The maximum Gasteiger partial charge on any atom is 0.416 e. The van der Waals surface area contributed by atoms with Gasteiger partial charge in [0.1, 0.15) is 0 Å². The Balaban J connectivity index is 2.73. The first-order chi connectivity index (χ1) is 10.2. The number of alkyl halides is 3. The molecule has 0 radical (unpaired) electrons. The lowest BCUT2D eigenvalue weighted by molar-refractivity contribution is -0.393. The topological polar surface area (TPSA) is 89.5 Å². The van der Waals surface area contributed by atoms with E-state index in [9.17, 15) is 33.4 Å². The highest BCUT2D eigenvalue weighted by Crippen LogP contribution is 2.46. The van der Waals surface area contributed by atoms with Crippen molar-refractivity contribution in [2.75, 3.05) is 11.4 Å². The third-order valence-corrected chi connectivity index (χ3v) is 3.41. The molecule has 0 heterocycles. The average Bonchev–Trinajstić information content (AvgIpc) is 3.22. The molecule has 0 aromatic heterocycles. The molecular formula is C12H12F3N3O4. The molecule has 0 unspecified atom stereocenters. The third kappa shape index (κ3) is 2.95. The fraction of sp³-hybridized carbons (Fsp3) is 0.500. The minimum Gasteiger partial charge on any atom is -0.358 e. The van der Waals surface area contributed by atoms with Gasteiger partial charge >= 0.3 is 6.18 Å². The smallest absolute Gasteiger partial charge is 0.358 e. The molecule has 2 rings (SSSR count). The van der Waals surface area contributed by atoms with Crippen molar-refractivity contribution >= 4 is 17.1 Å². The summed E-state index contributed by atoms with van der Waals surface area (Å²) in [6.07, 6.45) is -3.50. The van der Waals surface area contributed by atoms with Crippen LogP contribution < -0.4 is 4.90 Å². The molecule has 1 aromatic carbocycles. The van der Waals surface area contributed by atoms with E-state index >= 15 is 0 Å². The first kappa shape index (κ1) is 16.0. The highest BCUT2D eigenvalue weighted by atomic mass is 19.4. The van der Waals surface area contributed by atoms with E-state index in [1.54, 1.807) is 6.92 Å². The lowest BCUT2D eigenvalue weighted by Gasteiger charge is -2.22. The number of anilines is 1. The van der Waals surface area contributed by atoms with E-state index in [0.29, 0.717) is 25.0 Å². The van der Waals surface area contributed by atoms with Crippen LogP contribution in [0.2, 0.25) is 0 Å². The molecule has 0 amide bonds. The summed E-state index contributed by atoms with van der Waals surface area (Å²) in [5, 5.41) is 22.3. The van der Waals surface area contributed by atoms with E-state index in [-0.39, 0.29) is 18.3 Å². The number of hydrogen-bond donors (Lipinski definition) is 0. The summed E-state index contributed by atoms with van der Waals surface area (Å²) in [4.78, 5) is 21.7. The Hall–Kier alpha value is -2.39. The molecule has 0 bridgehead atoms. The Labute approximate surface area is 122 Å². The van der Waals surface area contributed by atoms with Gasteiger partial charge < -0.3 is 4.90 Å². The van der Waals surface area contributed by atoms with Crippen molar-refractivity contribution in [3.05, 3.63) is 37.9 Å². The van der Waals surface area contributed by atoms with E-state index in [0.717, 1.165) is 0 Å². The fourth-order valence-electron chi connectivity index (χ4n) is 2.33. The van der Waals surface area contributed by atoms with Crippen LogP contribution >= 0.6 is 0 Å². The molecule has 1 aromatic rings. The molecule has 22 heavy (non-hydrogen) atoms. The lowest BCUT2D eigenvalue weighted by Crippen LogP contribution is -2.27. The van der Waals surface area contributed by atoms with Gasteiger partial charge in [-0.15, -0.1) is 0 Å². The summed E-state index contributed by atoms with van der Waals surface area (Å²) in [6.45, 7) is 1.88. The molecule has 10 heteroatoms. The number of nitro benzene ring substituents is 2. The predicted molar refractivity (Wildman–Crippen MR) is 70.8 cm³/mol. The van der Waals surface area contributed by atoms with Gasteiger partial charge in [0.05, 0.1) is 15.4 Å². The lowest BCUT2D eigenvalue weighted by atomic mass is 10.1. The Bertz CT molecular complexity index is 594. The fourth-order valence-corrected chi connectivity index (χ4v) is 2.33. The van der Waals surface area contributed by atoms with E-state index in [4.69, 9.17) is 0 Å². The molecule has 0 spiro atoms. The number of rotatable bonds is 5. The van der Waals surface area contributed by atoms with E-state index in [1.165, 1.54) is 4.90 Å². The summed E-state index contributed by atoms with van der Waals surface area (Å²) < 4.78 is 38.4. The van der Waals surface area contributed by atoms with Crippen LogP contribution in [-0.4, -0.2) is 22.4 Å². The summed E-state index contributed by atoms with van der Waals surface area (Å²) >= 11 is 0. The Morgan fingerprint density at radius 1 is 1.18 bits per heavy atom. The van der Waals surface area contributed by atoms with Gasteiger partial charge in [-0.05, 0) is 19.8 Å². The standard InChI is InChI=1S/C12H12F3N3O4/c1-2-16(8-3-4-8)11-9(17(19)20)5-7(12(13,14)15)6-10(11)18(21)22/h5-6,8H,2-4H2,1H3. The van der Waals surface area contributed by atoms with Crippen LogP contribution in [0.25, 0.3) is 0 Å². The Morgan fingerprint density at radius 2 is 1.64 bits per heavy atom. The Kier molecular flexibility index (Phi) is 3.94. The monoisotopic (exact) mass is 319 g/mol. The second kappa shape index (κ2) is 5.43. The minimum atomic E-state index is -4.90. The largest absolute Gasteiger partial charge is 0.416 e. The van der Waals surface area contributed by atoms with Crippen LogP contribution in [0, 0.1) is 20.2 Å². The predicted octanol–water partition coefficient (Wildman–Crippen LogP) is 3.51. The normalized spacial score (nSPS) is 14.7. The number of benzene rings is 1. The molecule has 1 fully saturated rings. The first-order valence-electron chi connectivity index (χ1n) is 6.47. The molecule has 1 saturated carbocycles. The van der Waals surface area contributed by atoms with Crippen LogP contribution in [0.1, 0.15) is 25.3 Å². The highest BCUT2D eigenvalue weighted by Gasteiger charge is 2.41. The van der Waals surface area contributed by atoms with Crippen molar-refractivity contribution < 1.29 is 23.0 Å². The summed E-state index contributed by atoms with van der Waals surface area (Å²) in [6, 6.07) is 0.597. The van der Waals surface area contributed by atoms with Crippen LogP contribution in [-0.2, 0) is 6.18 Å². The number of halogens is 3. The molecule has 0 N–H and O–H groups in total. The summed E-state index contributed by atoms with van der Waals surface area (Å²) in [5.74, 6) is 0. The maximum atomic E-state index is 12.8. The number of nitro groups is 2. The van der Waals surface area contributed by atoms with E-state index in [2.05, 4.69) is 0 Å². The van der Waals surface area contributed by atoms with Gasteiger partial charge in [0.15, 0.2) is 5.69 Å². The molecule has 120 valence electrons. The highest BCUT2D eigenvalue weighted by molar-refractivity contribution is 5.77. The van der Waals surface area contributed by atoms with Gasteiger partial charge in [-0.3, -0.25) is 20.2 Å². The molecular weight excluding hydrogens is 307 g/mol. The average molecular weight is 319 g/mol. The zero-order chi connectivity index (χ0) is 16.7. The van der Waals surface area contributed by atoms with Crippen LogP contribution in [0.3, 0.4) is 0 Å². The molecule has 0 saturated heterocycles. The number of nitrogens with zero attached hydrogens (tertiary/aromatic N) is 3. The van der Waals surface area contributed by atoms with Gasteiger partial charge in [0.25, 0.3) is 11.4 Å². The maximum absolute atomic E-state index is 12.8. The van der Waals surface area contributed by atoms with Crippen molar-refractivity contribution in [1.82, 2.24) is 0 Å².